The lowest BCUT2D eigenvalue weighted by atomic mass is 9.90. The molecule has 0 aliphatic carbocycles. The zero-order valence-corrected chi connectivity index (χ0v) is 32.1. The molecule has 4 saturated heterocycles. The van der Waals surface area contributed by atoms with Gasteiger partial charge in [-0.3, -0.25) is 24.8 Å². The number of carbonyl (C=O) groups excluding carboxylic acids is 2. The number of piperazine rings is 1. The summed E-state index contributed by atoms with van der Waals surface area (Å²) in [5, 5.41) is 31.2. The molecule has 8 heterocycles. The Morgan fingerprint density at radius 3 is 2.46 bits per heavy atom. The number of imide groups is 1. The number of aromatic nitrogens is 5. The Morgan fingerprint density at radius 2 is 1.70 bits per heavy atom. The highest BCUT2D eigenvalue weighted by molar-refractivity contribution is 7.18. The SMILES string of the molecule is N#Cc1cnn2c(-c3cc(NC4CCOCC4)c(-c4nnc(N5CCN(CC6CCN(c7ccc(C8CCC(=O)NC8=O)cc7)CC6)CC5)s4)cn3)ccc2c1. The first-order valence-corrected chi connectivity index (χ1v) is 20.5. The molecule has 0 spiro atoms. The van der Waals surface area contributed by atoms with Crippen molar-refractivity contribution >= 4 is 45.2 Å². The fourth-order valence-electron chi connectivity index (χ4n) is 8.44. The molecule has 0 bridgehead atoms. The molecule has 15 heteroatoms. The first kappa shape index (κ1) is 36.2. The minimum atomic E-state index is -0.244. The van der Waals surface area contributed by atoms with E-state index in [0.717, 1.165) is 129 Å². The molecule has 0 radical (unpaired) electrons. The normalized spacial score (nSPS) is 20.3. The van der Waals surface area contributed by atoms with Crippen LogP contribution in [-0.4, -0.2) is 107 Å². The summed E-state index contributed by atoms with van der Waals surface area (Å²) in [6.45, 7) is 8.47. The summed E-state index contributed by atoms with van der Waals surface area (Å²) in [6, 6.07) is 18.7. The number of carbonyl (C=O) groups is 2. The van der Waals surface area contributed by atoms with E-state index in [4.69, 9.17) is 9.72 Å². The van der Waals surface area contributed by atoms with Crippen LogP contribution in [0.5, 0.6) is 0 Å². The number of amides is 2. The molecule has 4 aromatic heterocycles. The van der Waals surface area contributed by atoms with E-state index in [2.05, 4.69) is 77.0 Å². The third kappa shape index (κ3) is 7.69. The first-order valence-electron chi connectivity index (χ1n) is 19.7. The highest BCUT2D eigenvalue weighted by atomic mass is 32.1. The molecule has 288 valence electrons. The molecule has 2 amide bonds. The molecule has 1 unspecified atom stereocenters. The summed E-state index contributed by atoms with van der Waals surface area (Å²) in [7, 11) is 0. The molecule has 14 nitrogen and oxygen atoms in total. The van der Waals surface area contributed by atoms with E-state index in [9.17, 15) is 14.9 Å². The van der Waals surface area contributed by atoms with Crippen molar-refractivity contribution in [1.82, 2.24) is 35.0 Å². The van der Waals surface area contributed by atoms with Crippen molar-refractivity contribution in [2.45, 2.75) is 50.5 Å². The van der Waals surface area contributed by atoms with E-state index in [0.29, 0.717) is 24.3 Å². The van der Waals surface area contributed by atoms with Gasteiger partial charge in [0.05, 0.1) is 40.1 Å². The van der Waals surface area contributed by atoms with Crippen molar-refractivity contribution in [2.24, 2.45) is 5.92 Å². The van der Waals surface area contributed by atoms with E-state index in [1.807, 2.05) is 28.9 Å². The molecule has 4 fully saturated rings. The van der Waals surface area contributed by atoms with Crippen molar-refractivity contribution in [3.8, 4) is 28.0 Å². The summed E-state index contributed by atoms with van der Waals surface area (Å²) in [6.07, 6.45) is 8.61. The van der Waals surface area contributed by atoms with Gasteiger partial charge >= 0.3 is 0 Å². The van der Waals surface area contributed by atoms with Crippen LogP contribution in [0.1, 0.15) is 55.6 Å². The Hall–Kier alpha value is -5.43. The van der Waals surface area contributed by atoms with Gasteiger partial charge in [-0.1, -0.05) is 23.5 Å². The summed E-state index contributed by atoms with van der Waals surface area (Å²) in [4.78, 5) is 36.2. The number of nitriles is 1. The fourth-order valence-corrected chi connectivity index (χ4v) is 9.36. The van der Waals surface area contributed by atoms with Gasteiger partial charge in [0.2, 0.25) is 16.9 Å². The number of nitrogens with one attached hydrogen (secondary N) is 2. The van der Waals surface area contributed by atoms with Crippen molar-refractivity contribution < 1.29 is 14.3 Å². The smallest absolute Gasteiger partial charge is 0.234 e. The monoisotopic (exact) mass is 771 g/mol. The van der Waals surface area contributed by atoms with Crippen molar-refractivity contribution in [3.05, 3.63) is 72.1 Å². The van der Waals surface area contributed by atoms with Gasteiger partial charge in [0, 0.05) is 89.1 Å². The van der Waals surface area contributed by atoms with Crippen LogP contribution in [0.2, 0.25) is 0 Å². The summed E-state index contributed by atoms with van der Waals surface area (Å²) < 4.78 is 7.45. The maximum Gasteiger partial charge on any atom is 0.234 e. The quantitative estimate of drug-likeness (QED) is 0.195. The molecule has 5 aromatic rings. The topological polar surface area (TPSA) is 157 Å². The second-order valence-corrected chi connectivity index (χ2v) is 16.2. The van der Waals surface area contributed by atoms with Crippen LogP contribution >= 0.6 is 11.3 Å². The van der Waals surface area contributed by atoms with Crippen LogP contribution in [0.3, 0.4) is 0 Å². The lowest BCUT2D eigenvalue weighted by Crippen LogP contribution is -2.49. The molecule has 4 aliphatic heterocycles. The highest BCUT2D eigenvalue weighted by Gasteiger charge is 2.29. The number of fused-ring (bicyclic) bond motifs is 1. The van der Waals surface area contributed by atoms with E-state index in [1.54, 1.807) is 17.5 Å². The highest BCUT2D eigenvalue weighted by Crippen LogP contribution is 2.37. The fraction of sp³-hybridized carbons (Fsp3) is 0.439. The van der Waals surface area contributed by atoms with E-state index < -0.39 is 0 Å². The van der Waals surface area contributed by atoms with Crippen LogP contribution in [0.15, 0.2) is 60.9 Å². The molecule has 1 aromatic carbocycles. The Balaban J connectivity index is 0.810. The Bertz CT molecular complexity index is 2240. The molecule has 2 N–H and O–H groups in total. The number of ether oxygens (including phenoxy) is 1. The molecule has 4 aliphatic rings. The van der Waals surface area contributed by atoms with E-state index in [-0.39, 0.29) is 23.8 Å². The Labute approximate surface area is 329 Å². The number of piperidine rings is 2. The summed E-state index contributed by atoms with van der Waals surface area (Å²) >= 11 is 1.62. The van der Waals surface area contributed by atoms with Crippen LogP contribution in [0.25, 0.3) is 27.5 Å². The van der Waals surface area contributed by atoms with Gasteiger partial charge in [-0.15, -0.1) is 10.2 Å². The third-order valence-corrected chi connectivity index (χ3v) is 12.7. The van der Waals surface area contributed by atoms with Gasteiger partial charge in [-0.05, 0) is 80.0 Å². The Morgan fingerprint density at radius 1 is 0.893 bits per heavy atom. The van der Waals surface area contributed by atoms with Crippen LogP contribution in [-0.2, 0) is 14.3 Å². The minimum absolute atomic E-state index is 0.178. The maximum absolute atomic E-state index is 12.3. The molecular formula is C41H45N11O3S. The first-order chi connectivity index (χ1) is 27.5. The molecule has 0 saturated carbocycles. The predicted molar refractivity (Wildman–Crippen MR) is 215 cm³/mol. The van der Waals surface area contributed by atoms with Gasteiger partial charge in [0.25, 0.3) is 0 Å². The standard InChI is InChI=1S/C41H45N11O3S/c42-23-28-21-32-5-7-37(52(32)44-24-28)36-22-35(45-30-11-19-55-20-12-30)34(25-43-36)40-47-48-41(56-40)51-17-15-49(16-18-51)26-27-9-13-50(14-10-27)31-3-1-29(2-4-31)33-6-8-38(53)46-39(33)54/h1-5,7,21-22,24-25,27,30,33H,6,8-20,26H2,(H,43,45)(H,46,53,54). The lowest BCUT2D eigenvalue weighted by molar-refractivity contribution is -0.134. The number of hydrogen-bond acceptors (Lipinski definition) is 13. The van der Waals surface area contributed by atoms with Crippen molar-refractivity contribution in [3.63, 3.8) is 0 Å². The van der Waals surface area contributed by atoms with Crippen molar-refractivity contribution in [2.75, 3.05) is 74.1 Å². The van der Waals surface area contributed by atoms with Crippen LogP contribution in [0, 0.1) is 17.2 Å². The molecule has 9 rings (SSSR count). The molecular weight excluding hydrogens is 727 g/mol. The summed E-state index contributed by atoms with van der Waals surface area (Å²) in [5.41, 5.74) is 7.08. The third-order valence-electron chi connectivity index (χ3n) is 11.7. The molecule has 56 heavy (non-hydrogen) atoms. The zero-order chi connectivity index (χ0) is 38.0. The van der Waals surface area contributed by atoms with E-state index in [1.165, 1.54) is 5.69 Å². The van der Waals surface area contributed by atoms with Gasteiger partial charge in [0.1, 0.15) is 6.07 Å². The minimum Gasteiger partial charge on any atom is -0.381 e. The van der Waals surface area contributed by atoms with Gasteiger partial charge in [-0.2, -0.15) is 10.4 Å². The number of hydrogen-bond donors (Lipinski definition) is 2. The number of pyridine rings is 1. The maximum atomic E-state index is 12.3. The summed E-state index contributed by atoms with van der Waals surface area (Å²) in [5.74, 6) is 0.0614. The number of nitrogens with zero attached hydrogens (tertiary/aromatic N) is 9. The zero-order valence-electron chi connectivity index (χ0n) is 31.3. The van der Waals surface area contributed by atoms with Gasteiger partial charge in [-0.25, -0.2) is 4.52 Å². The van der Waals surface area contributed by atoms with Crippen LogP contribution < -0.4 is 20.4 Å². The average molecular weight is 772 g/mol. The largest absolute Gasteiger partial charge is 0.381 e. The number of benzene rings is 1. The van der Waals surface area contributed by atoms with Crippen LogP contribution in [0.4, 0.5) is 16.5 Å². The van der Waals surface area contributed by atoms with Gasteiger partial charge < -0.3 is 19.9 Å². The molecule has 1 atom stereocenters. The number of anilines is 3. The van der Waals surface area contributed by atoms with Gasteiger partial charge in [0.15, 0.2) is 5.01 Å². The van der Waals surface area contributed by atoms with Crippen molar-refractivity contribution in [1.29, 1.82) is 5.26 Å². The number of rotatable bonds is 9. The lowest BCUT2D eigenvalue weighted by Gasteiger charge is -2.39. The second kappa shape index (κ2) is 16.0. The Kier molecular flexibility index (Phi) is 10.3. The predicted octanol–water partition coefficient (Wildman–Crippen LogP) is 4.94. The average Bonchev–Trinajstić information content (AvgIpc) is 3.90. The second-order valence-electron chi connectivity index (χ2n) is 15.3. The van der Waals surface area contributed by atoms with E-state index >= 15 is 0 Å².